The van der Waals surface area contributed by atoms with Gasteiger partial charge in [-0.25, -0.2) is 0 Å². The average Bonchev–Trinajstić information content (AvgIpc) is 2.80. The van der Waals surface area contributed by atoms with E-state index in [1.165, 1.54) is 5.56 Å². The van der Waals surface area contributed by atoms with E-state index in [0.29, 0.717) is 11.5 Å². The molecule has 0 bridgehead atoms. The van der Waals surface area contributed by atoms with E-state index in [1.54, 1.807) is 21.3 Å². The monoisotopic (exact) mass is 427 g/mol. The van der Waals surface area contributed by atoms with Crippen molar-refractivity contribution < 1.29 is 19.0 Å². The molecule has 0 aromatic heterocycles. The van der Waals surface area contributed by atoms with Crippen LogP contribution < -0.4 is 14.2 Å². The maximum Gasteiger partial charge on any atom is 0.161 e. The first-order valence-corrected chi connectivity index (χ1v) is 10.9. The summed E-state index contributed by atoms with van der Waals surface area (Å²) in [5, 5.41) is 0. The molecular formula is C26H37NO4. The molecule has 2 unspecified atom stereocenters. The fourth-order valence-electron chi connectivity index (χ4n) is 4.13. The van der Waals surface area contributed by atoms with Crippen LogP contribution in [0, 0.1) is 5.92 Å². The van der Waals surface area contributed by atoms with E-state index in [0.717, 1.165) is 37.0 Å². The molecule has 0 spiro atoms. The lowest BCUT2D eigenvalue weighted by Crippen LogP contribution is -2.35. The lowest BCUT2D eigenvalue weighted by molar-refractivity contribution is -0.114. The Bertz CT molecular complexity index is 851. The molecule has 0 aliphatic rings. The minimum Gasteiger partial charge on any atom is -0.497 e. The van der Waals surface area contributed by atoms with Gasteiger partial charge in [-0.3, -0.25) is 4.90 Å². The van der Waals surface area contributed by atoms with E-state index < -0.39 is 5.41 Å². The molecule has 0 aliphatic heterocycles. The molecule has 0 saturated heterocycles. The van der Waals surface area contributed by atoms with Gasteiger partial charge in [0.1, 0.15) is 12.0 Å². The minimum atomic E-state index is -0.570. The molecule has 5 heteroatoms. The summed E-state index contributed by atoms with van der Waals surface area (Å²) in [4.78, 5) is 14.7. The van der Waals surface area contributed by atoms with Crippen molar-refractivity contribution >= 4 is 6.29 Å². The van der Waals surface area contributed by atoms with Crippen molar-refractivity contribution in [3.05, 3.63) is 53.6 Å². The van der Waals surface area contributed by atoms with Gasteiger partial charge in [0.2, 0.25) is 0 Å². The molecule has 5 nitrogen and oxygen atoms in total. The van der Waals surface area contributed by atoms with Crippen LogP contribution in [-0.2, 0) is 10.2 Å². The largest absolute Gasteiger partial charge is 0.497 e. The van der Waals surface area contributed by atoms with Crippen LogP contribution in [0.1, 0.15) is 50.8 Å². The van der Waals surface area contributed by atoms with Crippen LogP contribution in [0.4, 0.5) is 0 Å². The number of aldehydes is 1. The Hall–Kier alpha value is -2.53. The van der Waals surface area contributed by atoms with E-state index >= 15 is 0 Å². The second-order valence-corrected chi connectivity index (χ2v) is 8.42. The van der Waals surface area contributed by atoms with Crippen molar-refractivity contribution in [3.8, 4) is 17.2 Å². The first kappa shape index (κ1) is 24.7. The number of methoxy groups -OCH3 is 3. The van der Waals surface area contributed by atoms with E-state index in [9.17, 15) is 4.79 Å². The van der Waals surface area contributed by atoms with E-state index in [1.807, 2.05) is 30.3 Å². The summed E-state index contributed by atoms with van der Waals surface area (Å²) in [5.74, 6) is 2.34. The SMILES string of the molecule is COc1cccc(C(C)N(C)CCCC(C=O)(c2ccc(OC)c(OC)c2)C(C)C)c1. The lowest BCUT2D eigenvalue weighted by Gasteiger charge is -2.34. The maximum atomic E-state index is 12.4. The van der Waals surface area contributed by atoms with Crippen molar-refractivity contribution in [1.82, 2.24) is 4.90 Å². The zero-order valence-corrected chi connectivity index (χ0v) is 20.0. The molecule has 0 N–H and O–H groups in total. The number of carbonyl (C=O) groups is 1. The van der Waals surface area contributed by atoms with Gasteiger partial charge in [-0.15, -0.1) is 0 Å². The van der Waals surface area contributed by atoms with Crippen LogP contribution in [0.25, 0.3) is 0 Å². The summed E-state index contributed by atoms with van der Waals surface area (Å²) in [5.41, 5.74) is 1.62. The molecule has 2 atom stereocenters. The molecule has 170 valence electrons. The first-order chi connectivity index (χ1) is 14.8. The van der Waals surface area contributed by atoms with Crippen molar-refractivity contribution in [3.63, 3.8) is 0 Å². The van der Waals surface area contributed by atoms with Crippen LogP contribution >= 0.6 is 0 Å². The third kappa shape index (κ3) is 5.59. The Balaban J connectivity index is 2.15. The number of carbonyl (C=O) groups excluding carboxylic acids is 1. The Labute approximate surface area is 187 Å². The number of hydrogen-bond acceptors (Lipinski definition) is 5. The van der Waals surface area contributed by atoms with Gasteiger partial charge in [-0.05, 0) is 74.7 Å². The average molecular weight is 428 g/mol. The van der Waals surface area contributed by atoms with Crippen LogP contribution in [0.3, 0.4) is 0 Å². The predicted molar refractivity (Wildman–Crippen MR) is 125 cm³/mol. The molecule has 2 aromatic rings. The highest BCUT2D eigenvalue weighted by Crippen LogP contribution is 2.39. The molecule has 0 radical (unpaired) electrons. The quantitative estimate of drug-likeness (QED) is 0.431. The standard InChI is InChI=1S/C26H37NO4/c1-19(2)26(18-28,22-12-13-24(30-6)25(17-22)31-7)14-9-15-27(4)20(3)21-10-8-11-23(16-21)29-5/h8,10-13,16-20H,9,14-15H2,1-7H3. The van der Waals surface area contributed by atoms with Gasteiger partial charge in [0.25, 0.3) is 0 Å². The summed E-state index contributed by atoms with van der Waals surface area (Å²) in [6, 6.07) is 14.2. The van der Waals surface area contributed by atoms with Crippen molar-refractivity contribution in [2.75, 3.05) is 34.9 Å². The van der Waals surface area contributed by atoms with Gasteiger partial charge in [-0.2, -0.15) is 0 Å². The topological polar surface area (TPSA) is 48.0 Å². The highest BCUT2D eigenvalue weighted by atomic mass is 16.5. The Morgan fingerprint density at radius 2 is 1.68 bits per heavy atom. The normalized spacial score (nSPS) is 14.2. The van der Waals surface area contributed by atoms with Crippen LogP contribution in [0.2, 0.25) is 0 Å². The van der Waals surface area contributed by atoms with Gasteiger partial charge >= 0.3 is 0 Å². The Morgan fingerprint density at radius 1 is 0.968 bits per heavy atom. The zero-order chi connectivity index (χ0) is 23.0. The fourth-order valence-corrected chi connectivity index (χ4v) is 4.13. The second-order valence-electron chi connectivity index (χ2n) is 8.42. The van der Waals surface area contributed by atoms with Gasteiger partial charge in [0, 0.05) is 6.04 Å². The molecule has 31 heavy (non-hydrogen) atoms. The lowest BCUT2D eigenvalue weighted by atomic mass is 9.69. The smallest absolute Gasteiger partial charge is 0.161 e. The van der Waals surface area contributed by atoms with Crippen LogP contribution in [-0.4, -0.2) is 46.1 Å². The van der Waals surface area contributed by atoms with Gasteiger partial charge < -0.3 is 19.0 Å². The minimum absolute atomic E-state index is 0.157. The van der Waals surface area contributed by atoms with Crippen LogP contribution in [0.5, 0.6) is 17.2 Å². The summed E-state index contributed by atoms with van der Waals surface area (Å²) in [7, 11) is 7.05. The Morgan fingerprint density at radius 3 is 2.26 bits per heavy atom. The summed E-state index contributed by atoms with van der Waals surface area (Å²) >= 11 is 0. The third-order valence-corrected chi connectivity index (χ3v) is 6.50. The Kier molecular flexibility index (Phi) is 8.93. The molecule has 0 fully saturated rings. The summed E-state index contributed by atoms with van der Waals surface area (Å²) in [6.45, 7) is 7.29. The van der Waals surface area contributed by atoms with Gasteiger partial charge in [0.05, 0.1) is 26.7 Å². The number of rotatable bonds is 12. The predicted octanol–water partition coefficient (Wildman–Crippen LogP) is 5.28. The molecule has 2 aromatic carbocycles. The summed E-state index contributed by atoms with van der Waals surface area (Å²) in [6.07, 6.45) is 2.78. The maximum absolute atomic E-state index is 12.4. The summed E-state index contributed by atoms with van der Waals surface area (Å²) < 4.78 is 16.2. The van der Waals surface area contributed by atoms with Gasteiger partial charge in [-0.1, -0.05) is 32.0 Å². The molecular weight excluding hydrogens is 390 g/mol. The number of hydrogen-bond donors (Lipinski definition) is 0. The highest BCUT2D eigenvalue weighted by Gasteiger charge is 2.36. The van der Waals surface area contributed by atoms with Crippen molar-refractivity contribution in [2.24, 2.45) is 5.92 Å². The van der Waals surface area contributed by atoms with Gasteiger partial charge in [0.15, 0.2) is 11.5 Å². The van der Waals surface area contributed by atoms with E-state index in [2.05, 4.69) is 44.9 Å². The highest BCUT2D eigenvalue weighted by molar-refractivity contribution is 5.70. The first-order valence-electron chi connectivity index (χ1n) is 10.9. The molecule has 0 aliphatic carbocycles. The molecule has 2 rings (SSSR count). The molecule has 0 amide bonds. The second kappa shape index (κ2) is 11.2. The van der Waals surface area contributed by atoms with E-state index in [-0.39, 0.29) is 12.0 Å². The fraction of sp³-hybridized carbons (Fsp3) is 0.500. The third-order valence-electron chi connectivity index (χ3n) is 6.50. The van der Waals surface area contributed by atoms with Crippen molar-refractivity contribution in [2.45, 2.75) is 45.1 Å². The van der Waals surface area contributed by atoms with Crippen LogP contribution in [0.15, 0.2) is 42.5 Å². The molecule has 0 heterocycles. The zero-order valence-electron chi connectivity index (χ0n) is 20.0. The number of benzene rings is 2. The number of nitrogens with zero attached hydrogens (tertiary/aromatic N) is 1. The number of ether oxygens (including phenoxy) is 3. The molecule has 0 saturated carbocycles. The van der Waals surface area contributed by atoms with E-state index in [4.69, 9.17) is 14.2 Å². The van der Waals surface area contributed by atoms with Crippen molar-refractivity contribution in [1.29, 1.82) is 0 Å².